The molecule has 2 N–H and O–H groups in total. The Kier molecular flexibility index (Phi) is 6.50. The van der Waals surface area contributed by atoms with Crippen LogP contribution in [0.15, 0.2) is 36.4 Å². The molecule has 0 aliphatic carbocycles. The van der Waals surface area contributed by atoms with E-state index >= 15 is 0 Å². The van der Waals surface area contributed by atoms with Crippen LogP contribution in [0.1, 0.15) is 17.3 Å². The predicted molar refractivity (Wildman–Crippen MR) is 113 cm³/mol. The first kappa shape index (κ1) is 24.9. The van der Waals surface area contributed by atoms with E-state index in [9.17, 15) is 35.9 Å². The molecule has 3 rings (SSSR count). The van der Waals surface area contributed by atoms with Crippen molar-refractivity contribution >= 4 is 27.6 Å². The Morgan fingerprint density at radius 2 is 1.85 bits per heavy atom. The summed E-state index contributed by atoms with van der Waals surface area (Å²) in [5.74, 6) is -1.87. The van der Waals surface area contributed by atoms with Crippen LogP contribution in [0.5, 0.6) is 0 Å². The van der Waals surface area contributed by atoms with Crippen molar-refractivity contribution in [1.82, 2.24) is 20.0 Å². The normalized spacial score (nSPS) is 12.9. The molecule has 1 unspecified atom stereocenters. The van der Waals surface area contributed by atoms with E-state index in [-0.39, 0.29) is 27.7 Å². The number of halogens is 4. The Morgan fingerprint density at radius 1 is 1.21 bits per heavy atom. The second kappa shape index (κ2) is 8.89. The van der Waals surface area contributed by atoms with Crippen molar-refractivity contribution < 1.29 is 35.9 Å². The van der Waals surface area contributed by atoms with E-state index in [0.717, 1.165) is 29.1 Å². The number of benzene rings is 1. The highest BCUT2D eigenvalue weighted by Crippen LogP contribution is 2.43. The molecule has 0 saturated heterocycles. The topological polar surface area (TPSA) is 130 Å². The van der Waals surface area contributed by atoms with Gasteiger partial charge in [-0.2, -0.15) is 13.2 Å². The number of aromatic nitrogens is 4. The van der Waals surface area contributed by atoms with Crippen molar-refractivity contribution in [2.75, 3.05) is 15.9 Å². The molecule has 2 aromatic heterocycles. The van der Waals surface area contributed by atoms with Crippen LogP contribution in [0, 0.1) is 12.7 Å². The third kappa shape index (κ3) is 5.08. The van der Waals surface area contributed by atoms with Crippen LogP contribution in [-0.2, 0) is 17.1 Å². The van der Waals surface area contributed by atoms with E-state index in [4.69, 9.17) is 0 Å². The number of aryl methyl sites for hydroxylation is 2. The summed E-state index contributed by atoms with van der Waals surface area (Å²) < 4.78 is 82.7. The van der Waals surface area contributed by atoms with Gasteiger partial charge >= 0.3 is 12.3 Å². The van der Waals surface area contributed by atoms with Crippen molar-refractivity contribution in [2.45, 2.75) is 19.1 Å². The second-order valence-electron chi connectivity index (χ2n) is 7.21. The molecule has 0 fully saturated rings. The Hall–Kier alpha value is -3.75. The number of hydrogen-bond donors (Lipinski definition) is 2. The summed E-state index contributed by atoms with van der Waals surface area (Å²) in [7, 11) is -2.47. The van der Waals surface area contributed by atoms with Crippen LogP contribution in [0.2, 0.25) is 0 Å². The van der Waals surface area contributed by atoms with Crippen molar-refractivity contribution in [1.29, 1.82) is 0 Å². The molecule has 182 valence electrons. The van der Waals surface area contributed by atoms with Crippen molar-refractivity contribution in [3.63, 3.8) is 0 Å². The summed E-state index contributed by atoms with van der Waals surface area (Å²) in [5.41, 5.74) is -1.10. The van der Waals surface area contributed by atoms with Crippen LogP contribution >= 0.6 is 0 Å². The average Bonchev–Trinajstić information content (AvgIpc) is 3.07. The molecule has 0 spiro atoms. The molecule has 1 atom stereocenters. The van der Waals surface area contributed by atoms with Crippen molar-refractivity contribution in [3.8, 4) is 11.4 Å². The molecule has 34 heavy (non-hydrogen) atoms. The van der Waals surface area contributed by atoms with Gasteiger partial charge in [0.2, 0.25) is 10.0 Å². The third-order valence-corrected chi connectivity index (χ3v) is 5.21. The summed E-state index contributed by atoms with van der Waals surface area (Å²) in [4.78, 5) is 16.2. The fourth-order valence-corrected chi connectivity index (χ4v) is 3.89. The quantitative estimate of drug-likeness (QED) is 0.494. The largest absolute Gasteiger partial charge is 0.465 e. The number of sulfonamides is 1. The van der Waals surface area contributed by atoms with E-state index in [1.807, 2.05) is 0 Å². The van der Waals surface area contributed by atoms with Crippen LogP contribution in [0.3, 0.4) is 0 Å². The molecule has 0 aliphatic heterocycles. The molecular formula is C19H18F4N6O4S. The molecule has 1 amide bonds. The van der Waals surface area contributed by atoms with Crippen molar-refractivity contribution in [3.05, 3.63) is 53.5 Å². The maximum Gasteiger partial charge on any atom is 0.413 e. The minimum atomic E-state index is -5.21. The fourth-order valence-electron chi connectivity index (χ4n) is 3.27. The molecule has 10 nitrogen and oxygen atoms in total. The maximum absolute atomic E-state index is 14.4. The summed E-state index contributed by atoms with van der Waals surface area (Å²) in [6.07, 6.45) is -6.33. The van der Waals surface area contributed by atoms with Gasteiger partial charge < -0.3 is 5.11 Å². The first-order chi connectivity index (χ1) is 15.7. The summed E-state index contributed by atoms with van der Waals surface area (Å²) >= 11 is 0. The molecule has 0 saturated carbocycles. The first-order valence-electron chi connectivity index (χ1n) is 9.39. The smallest absolute Gasteiger partial charge is 0.413 e. The predicted octanol–water partition coefficient (Wildman–Crippen LogP) is 3.48. The highest BCUT2D eigenvalue weighted by molar-refractivity contribution is 7.92. The molecule has 0 bridgehead atoms. The number of alkyl halides is 3. The lowest BCUT2D eigenvalue weighted by molar-refractivity contribution is -0.150. The van der Waals surface area contributed by atoms with Gasteiger partial charge in [0.15, 0.2) is 17.6 Å². The van der Waals surface area contributed by atoms with Gasteiger partial charge in [-0.1, -0.05) is 23.4 Å². The lowest BCUT2D eigenvalue weighted by Gasteiger charge is -2.31. The number of rotatable bonds is 6. The monoisotopic (exact) mass is 502 g/mol. The number of hydrogen-bond acceptors (Lipinski definition) is 6. The number of carbonyl (C=O) groups is 1. The second-order valence-corrected chi connectivity index (χ2v) is 8.96. The fraction of sp³-hybridized carbons (Fsp3) is 0.263. The zero-order valence-electron chi connectivity index (χ0n) is 17.9. The highest BCUT2D eigenvalue weighted by Gasteiger charge is 2.50. The van der Waals surface area contributed by atoms with Crippen LogP contribution in [0.25, 0.3) is 11.4 Å². The number of carboxylic acid groups (broad SMARTS) is 1. The van der Waals surface area contributed by atoms with Gasteiger partial charge in [0.25, 0.3) is 0 Å². The Labute approximate surface area is 190 Å². The SMILES string of the molecule is Cc1nc(-c2nnn(C)c2N(C(=O)O)C(c2ccccc2F)C(F)(F)F)ccc1NS(C)(=O)=O. The lowest BCUT2D eigenvalue weighted by atomic mass is 10.0. The number of pyridine rings is 1. The van der Waals surface area contributed by atoms with Crippen molar-refractivity contribution in [2.24, 2.45) is 7.05 Å². The minimum Gasteiger partial charge on any atom is -0.465 e. The number of amides is 1. The third-order valence-electron chi connectivity index (χ3n) is 4.62. The molecule has 1 aromatic carbocycles. The Balaban J connectivity index is 2.21. The van der Waals surface area contributed by atoms with E-state index < -0.39 is 45.5 Å². The molecule has 0 aliphatic rings. The lowest BCUT2D eigenvalue weighted by Crippen LogP contribution is -2.43. The van der Waals surface area contributed by atoms with Gasteiger partial charge in [-0.25, -0.2) is 32.2 Å². The van der Waals surface area contributed by atoms with Crippen LogP contribution in [0.4, 0.5) is 33.9 Å². The maximum atomic E-state index is 14.4. The highest BCUT2D eigenvalue weighted by atomic mass is 32.2. The van der Waals surface area contributed by atoms with E-state index in [0.29, 0.717) is 0 Å². The standard InChI is InChI=1S/C19H18F4N6O4S/c1-10-13(26-34(3,32)33)8-9-14(24-10)15-17(28(2)27-25-15)29(18(30)31)16(19(21,22)23)11-6-4-5-7-12(11)20/h4-9,16,26H,1-3H3,(H,30,31). The minimum absolute atomic E-state index is 0.0760. The summed E-state index contributed by atoms with van der Waals surface area (Å²) in [6.45, 7) is 1.43. The van der Waals surface area contributed by atoms with E-state index in [2.05, 4.69) is 20.0 Å². The van der Waals surface area contributed by atoms with Crippen LogP contribution in [-0.4, -0.2) is 52.0 Å². The van der Waals surface area contributed by atoms with Gasteiger partial charge in [0.05, 0.1) is 23.3 Å². The molecule has 0 radical (unpaired) electrons. The van der Waals surface area contributed by atoms with E-state index in [1.54, 1.807) is 0 Å². The molecule has 2 heterocycles. The number of nitrogens with zero attached hydrogens (tertiary/aromatic N) is 5. The first-order valence-corrected chi connectivity index (χ1v) is 11.3. The van der Waals surface area contributed by atoms with Gasteiger partial charge in [0, 0.05) is 12.6 Å². The number of anilines is 2. The van der Waals surface area contributed by atoms with Gasteiger partial charge in [-0.3, -0.25) is 4.72 Å². The molecule has 15 heteroatoms. The number of nitrogens with one attached hydrogen (secondary N) is 1. The Morgan fingerprint density at radius 3 is 2.38 bits per heavy atom. The van der Waals surface area contributed by atoms with Gasteiger partial charge in [-0.05, 0) is 25.1 Å². The zero-order chi connectivity index (χ0) is 25.4. The molecule has 3 aromatic rings. The van der Waals surface area contributed by atoms with Gasteiger partial charge in [-0.15, -0.1) is 5.10 Å². The average molecular weight is 502 g/mol. The zero-order valence-corrected chi connectivity index (χ0v) is 18.7. The summed E-state index contributed by atoms with van der Waals surface area (Å²) in [6, 6.07) is 3.55. The van der Waals surface area contributed by atoms with Gasteiger partial charge in [0.1, 0.15) is 5.82 Å². The summed E-state index contributed by atoms with van der Waals surface area (Å²) in [5, 5.41) is 17.2. The van der Waals surface area contributed by atoms with Crippen LogP contribution < -0.4 is 9.62 Å². The molecular weight excluding hydrogens is 484 g/mol. The Bertz CT molecular complexity index is 1340. The van der Waals surface area contributed by atoms with E-state index in [1.165, 1.54) is 32.2 Å².